The number of aryl methyl sites for hydroxylation is 1. The molecule has 0 saturated heterocycles. The maximum absolute atomic E-state index is 8.75. The molecule has 1 rings (SSSR count). The Labute approximate surface area is 80.8 Å². The molecule has 66 valence electrons. The number of thioether (sulfide) groups is 1. The smallest absolute Gasteiger partial charge is 0.176 e. The molecule has 0 N–H and O–H groups in total. The molecule has 1 aromatic rings. The third kappa shape index (κ3) is 2.01. The van der Waals surface area contributed by atoms with Crippen LogP contribution < -0.4 is 0 Å². The third-order valence-electron chi connectivity index (χ3n) is 1.59. The molecule has 0 aromatic carbocycles. The minimum Gasteiger partial charge on any atom is -0.320 e. The second kappa shape index (κ2) is 4.54. The van der Waals surface area contributed by atoms with E-state index in [1.54, 1.807) is 16.3 Å². The molecule has 0 atom stereocenters. The van der Waals surface area contributed by atoms with E-state index in [0.717, 1.165) is 12.3 Å². The van der Waals surface area contributed by atoms with Gasteiger partial charge in [0.05, 0.1) is 6.33 Å². The molecule has 0 saturated carbocycles. The molecule has 0 aliphatic carbocycles. The summed E-state index contributed by atoms with van der Waals surface area (Å²) >= 11 is 1.69. The molecule has 4 nitrogen and oxygen atoms in total. The Bertz CT molecular complexity index is 368. The molecule has 13 heavy (non-hydrogen) atoms. The molecular weight excluding hydrogens is 184 g/mol. The molecule has 0 unspecified atom stereocenters. The molecule has 0 radical (unpaired) electrons. The van der Waals surface area contributed by atoms with Gasteiger partial charge in [0, 0.05) is 12.3 Å². The SMILES string of the molecule is CSCCn1cnc(C#N)c1C#N. The summed E-state index contributed by atoms with van der Waals surface area (Å²) in [5, 5.41) is 17.4. The summed E-state index contributed by atoms with van der Waals surface area (Å²) in [6.07, 6.45) is 3.53. The van der Waals surface area contributed by atoms with Gasteiger partial charge in [0.25, 0.3) is 0 Å². The maximum Gasteiger partial charge on any atom is 0.176 e. The minimum absolute atomic E-state index is 0.212. The van der Waals surface area contributed by atoms with Crippen molar-refractivity contribution in [1.29, 1.82) is 10.5 Å². The van der Waals surface area contributed by atoms with Crippen molar-refractivity contribution < 1.29 is 0 Å². The van der Waals surface area contributed by atoms with Gasteiger partial charge in [-0.25, -0.2) is 4.98 Å². The molecule has 0 aliphatic rings. The fourth-order valence-corrected chi connectivity index (χ4v) is 1.32. The van der Waals surface area contributed by atoms with Crippen LogP contribution in [0.25, 0.3) is 0 Å². The monoisotopic (exact) mass is 192 g/mol. The maximum atomic E-state index is 8.75. The predicted octanol–water partition coefficient (Wildman–Crippen LogP) is 0.989. The molecule has 1 heterocycles. The quantitative estimate of drug-likeness (QED) is 0.716. The highest BCUT2D eigenvalue weighted by Crippen LogP contribution is 2.06. The molecule has 5 heteroatoms. The van der Waals surface area contributed by atoms with Crippen LogP contribution in [0.4, 0.5) is 0 Å². The van der Waals surface area contributed by atoms with Crippen molar-refractivity contribution in [2.24, 2.45) is 0 Å². The lowest BCUT2D eigenvalue weighted by Crippen LogP contribution is -2.01. The van der Waals surface area contributed by atoms with E-state index >= 15 is 0 Å². The molecule has 1 aromatic heterocycles. The van der Waals surface area contributed by atoms with Crippen molar-refractivity contribution >= 4 is 11.8 Å². The number of imidazole rings is 1. The van der Waals surface area contributed by atoms with Gasteiger partial charge >= 0.3 is 0 Å². The van der Waals surface area contributed by atoms with Gasteiger partial charge in [0.2, 0.25) is 0 Å². The van der Waals surface area contributed by atoms with Crippen molar-refractivity contribution in [3.05, 3.63) is 17.7 Å². The summed E-state index contributed by atoms with van der Waals surface area (Å²) in [5.74, 6) is 0.913. The average molecular weight is 192 g/mol. The van der Waals surface area contributed by atoms with E-state index in [-0.39, 0.29) is 5.69 Å². The van der Waals surface area contributed by atoms with Crippen LogP contribution in [-0.4, -0.2) is 21.6 Å². The highest BCUT2D eigenvalue weighted by Gasteiger charge is 2.08. The van der Waals surface area contributed by atoms with E-state index in [4.69, 9.17) is 10.5 Å². The number of hydrogen-bond donors (Lipinski definition) is 0. The van der Waals surface area contributed by atoms with Gasteiger partial charge in [-0.3, -0.25) is 0 Å². The molecule has 0 amide bonds. The number of rotatable bonds is 3. The Morgan fingerprint density at radius 1 is 1.54 bits per heavy atom. The lowest BCUT2D eigenvalue weighted by molar-refractivity contribution is 0.760. The van der Waals surface area contributed by atoms with Crippen LogP contribution in [0.15, 0.2) is 6.33 Å². The molecule has 0 spiro atoms. The summed E-state index contributed by atoms with van der Waals surface area (Å²) < 4.78 is 1.70. The van der Waals surface area contributed by atoms with Crippen molar-refractivity contribution in [1.82, 2.24) is 9.55 Å². The number of nitrogens with zero attached hydrogens (tertiary/aromatic N) is 4. The first-order valence-corrected chi connectivity index (χ1v) is 5.07. The number of hydrogen-bond acceptors (Lipinski definition) is 4. The van der Waals surface area contributed by atoms with Crippen molar-refractivity contribution in [3.63, 3.8) is 0 Å². The van der Waals surface area contributed by atoms with E-state index < -0.39 is 0 Å². The van der Waals surface area contributed by atoms with Crippen LogP contribution in [0.3, 0.4) is 0 Å². The van der Waals surface area contributed by atoms with Crippen LogP contribution in [0.1, 0.15) is 11.4 Å². The zero-order chi connectivity index (χ0) is 9.68. The van der Waals surface area contributed by atoms with Gasteiger partial charge < -0.3 is 4.57 Å². The van der Waals surface area contributed by atoms with Gasteiger partial charge in [0.1, 0.15) is 12.1 Å². The lowest BCUT2D eigenvalue weighted by atomic mass is 10.3. The Morgan fingerprint density at radius 2 is 2.31 bits per heavy atom. The normalized spacial score (nSPS) is 9.15. The number of nitriles is 2. The lowest BCUT2D eigenvalue weighted by Gasteiger charge is -1.99. The second-order valence-electron chi connectivity index (χ2n) is 2.35. The van der Waals surface area contributed by atoms with Gasteiger partial charge in [-0.05, 0) is 6.26 Å². The van der Waals surface area contributed by atoms with Crippen LogP contribution in [-0.2, 0) is 6.54 Å². The van der Waals surface area contributed by atoms with Crippen LogP contribution in [0, 0.1) is 22.7 Å². The average Bonchev–Trinajstić information content (AvgIpc) is 2.56. The van der Waals surface area contributed by atoms with Gasteiger partial charge in [0.15, 0.2) is 11.4 Å². The Morgan fingerprint density at radius 3 is 2.85 bits per heavy atom. The Hall–Kier alpha value is -1.46. The van der Waals surface area contributed by atoms with Crippen LogP contribution in [0.2, 0.25) is 0 Å². The fourth-order valence-electron chi connectivity index (χ4n) is 0.940. The minimum atomic E-state index is 0.212. The summed E-state index contributed by atoms with van der Waals surface area (Å²) in [5.41, 5.74) is 0.570. The van der Waals surface area contributed by atoms with Crippen molar-refractivity contribution in [2.75, 3.05) is 12.0 Å². The molecule has 0 aliphatic heterocycles. The summed E-state index contributed by atoms with van der Waals surface area (Å²) in [6.45, 7) is 0.721. The Balaban J connectivity index is 2.91. The molecular formula is C8H8N4S. The predicted molar refractivity (Wildman–Crippen MR) is 50.0 cm³/mol. The standard InChI is InChI=1S/C8H8N4S/c1-13-3-2-12-6-11-7(4-9)8(12)5-10/h6H,2-3H2,1H3. The fraction of sp³-hybridized carbons (Fsp3) is 0.375. The van der Waals surface area contributed by atoms with Gasteiger partial charge in [-0.15, -0.1) is 0 Å². The molecule has 0 fully saturated rings. The van der Waals surface area contributed by atoms with E-state index in [2.05, 4.69) is 4.98 Å². The first-order valence-electron chi connectivity index (χ1n) is 3.67. The third-order valence-corrected chi connectivity index (χ3v) is 2.18. The van der Waals surface area contributed by atoms with E-state index in [1.807, 2.05) is 18.4 Å². The highest BCUT2D eigenvalue weighted by atomic mass is 32.2. The van der Waals surface area contributed by atoms with Gasteiger partial charge in [-0.2, -0.15) is 22.3 Å². The van der Waals surface area contributed by atoms with Crippen molar-refractivity contribution in [3.8, 4) is 12.1 Å². The Kier molecular flexibility index (Phi) is 3.36. The van der Waals surface area contributed by atoms with Crippen molar-refractivity contribution in [2.45, 2.75) is 6.54 Å². The zero-order valence-electron chi connectivity index (χ0n) is 7.19. The largest absolute Gasteiger partial charge is 0.320 e. The topological polar surface area (TPSA) is 65.4 Å². The summed E-state index contributed by atoms with van der Waals surface area (Å²) in [4.78, 5) is 3.83. The highest BCUT2D eigenvalue weighted by molar-refractivity contribution is 7.98. The molecule has 0 bridgehead atoms. The van der Waals surface area contributed by atoms with Gasteiger partial charge in [-0.1, -0.05) is 0 Å². The zero-order valence-corrected chi connectivity index (χ0v) is 8.01. The number of aromatic nitrogens is 2. The first kappa shape index (κ1) is 9.63. The first-order chi connectivity index (χ1) is 6.33. The second-order valence-corrected chi connectivity index (χ2v) is 3.34. The van der Waals surface area contributed by atoms with Crippen LogP contribution in [0.5, 0.6) is 0 Å². The van der Waals surface area contributed by atoms with E-state index in [0.29, 0.717) is 5.69 Å². The van der Waals surface area contributed by atoms with Crippen LogP contribution >= 0.6 is 11.8 Å². The van der Waals surface area contributed by atoms with E-state index in [9.17, 15) is 0 Å². The van der Waals surface area contributed by atoms with E-state index in [1.165, 1.54) is 6.33 Å². The summed E-state index contributed by atoms with van der Waals surface area (Å²) in [6, 6.07) is 3.85. The summed E-state index contributed by atoms with van der Waals surface area (Å²) in [7, 11) is 0.